The first-order chi connectivity index (χ1) is 26.3. The summed E-state index contributed by atoms with van der Waals surface area (Å²) in [7, 11) is 0.991. The molecule has 0 bridgehead atoms. The van der Waals surface area contributed by atoms with Crippen LogP contribution in [0.1, 0.15) is 37.7 Å². The Bertz CT molecular complexity index is 2230. The van der Waals surface area contributed by atoms with Crippen LogP contribution in [0, 0.1) is 0 Å². The lowest BCUT2D eigenvalue weighted by Crippen LogP contribution is -2.22. The number of nitrogens with zero attached hydrogens (tertiary/aromatic N) is 2. The van der Waals surface area contributed by atoms with Gasteiger partial charge in [-0.15, -0.1) is 0 Å². The number of hydrogen-bond donors (Lipinski definition) is 3. The van der Waals surface area contributed by atoms with Crippen molar-refractivity contribution >= 4 is 43.9 Å². The number of aromatic nitrogens is 2. The molecule has 4 aromatic carbocycles. The molecule has 0 atom stereocenters. The van der Waals surface area contributed by atoms with Gasteiger partial charge in [-0.25, -0.2) is 18.2 Å². The van der Waals surface area contributed by atoms with Crippen molar-refractivity contribution in [1.29, 1.82) is 0 Å². The lowest BCUT2D eigenvalue weighted by atomic mass is 9.86. The lowest BCUT2D eigenvalue weighted by Gasteiger charge is -2.24. The Balaban J connectivity index is 1.33. The SMILES string of the molecule is COCCOCCOc1cc(Cc2nccc(Oc3ccc(NC(=O)Nc4cc(C(C)(C)C)cc(NS(C)(=O)=O)c4OC)c4ccccc34)n2)cc(OC)c1. The molecule has 292 valence electrons. The molecule has 0 saturated heterocycles. The van der Waals surface area contributed by atoms with E-state index in [1.165, 1.54) is 7.11 Å². The Morgan fingerprint density at radius 1 is 0.782 bits per heavy atom. The van der Waals surface area contributed by atoms with Crippen LogP contribution in [0.5, 0.6) is 28.9 Å². The molecule has 1 heterocycles. The second-order valence-electron chi connectivity index (χ2n) is 13.5. The number of fused-ring (bicyclic) bond motifs is 1. The number of ether oxygens (including phenoxy) is 6. The van der Waals surface area contributed by atoms with Crippen LogP contribution in [-0.2, 0) is 31.3 Å². The van der Waals surface area contributed by atoms with E-state index >= 15 is 0 Å². The van der Waals surface area contributed by atoms with E-state index < -0.39 is 16.1 Å². The molecule has 2 amide bonds. The van der Waals surface area contributed by atoms with E-state index in [2.05, 4.69) is 25.3 Å². The van der Waals surface area contributed by atoms with E-state index in [9.17, 15) is 13.2 Å². The maximum absolute atomic E-state index is 13.5. The van der Waals surface area contributed by atoms with Crippen LogP contribution in [0.4, 0.5) is 21.9 Å². The third kappa shape index (κ3) is 11.4. The summed E-state index contributed by atoms with van der Waals surface area (Å²) in [5.41, 5.74) is 2.33. The van der Waals surface area contributed by atoms with E-state index in [0.717, 1.165) is 22.8 Å². The fraction of sp³-hybridized carbons (Fsp3) is 0.325. The van der Waals surface area contributed by atoms with Crippen LogP contribution >= 0.6 is 0 Å². The highest BCUT2D eigenvalue weighted by Crippen LogP contribution is 2.40. The van der Waals surface area contributed by atoms with Gasteiger partial charge in [0.2, 0.25) is 15.9 Å². The summed E-state index contributed by atoms with van der Waals surface area (Å²) < 4.78 is 60.5. The minimum atomic E-state index is -3.64. The van der Waals surface area contributed by atoms with E-state index in [4.69, 9.17) is 28.4 Å². The molecular weight excluding hydrogens is 727 g/mol. The van der Waals surface area contributed by atoms with E-state index in [-0.39, 0.29) is 16.9 Å². The van der Waals surface area contributed by atoms with Gasteiger partial charge in [-0.3, -0.25) is 4.72 Å². The third-order valence-electron chi connectivity index (χ3n) is 8.20. The summed E-state index contributed by atoms with van der Waals surface area (Å²) in [6, 6.07) is 21.2. The molecule has 0 aliphatic carbocycles. The third-order valence-corrected chi connectivity index (χ3v) is 8.79. The predicted octanol–water partition coefficient (Wildman–Crippen LogP) is 7.38. The first-order valence-electron chi connectivity index (χ1n) is 17.4. The fourth-order valence-corrected chi connectivity index (χ4v) is 6.16. The molecule has 0 fully saturated rings. The zero-order valence-corrected chi connectivity index (χ0v) is 32.8. The number of carbonyl (C=O) groups excluding carboxylic acids is 1. The monoisotopic (exact) mass is 773 g/mol. The molecule has 55 heavy (non-hydrogen) atoms. The average Bonchev–Trinajstić information content (AvgIpc) is 3.13. The molecule has 1 aromatic heterocycles. The summed E-state index contributed by atoms with van der Waals surface area (Å²) in [5.74, 6) is 2.83. The van der Waals surface area contributed by atoms with Gasteiger partial charge in [0.15, 0.2) is 5.75 Å². The molecular formula is C40H47N5O9S. The van der Waals surface area contributed by atoms with Crippen molar-refractivity contribution in [3.8, 4) is 28.9 Å². The molecule has 0 saturated carbocycles. The van der Waals surface area contributed by atoms with Gasteiger partial charge >= 0.3 is 6.03 Å². The fourth-order valence-electron chi connectivity index (χ4n) is 5.61. The Morgan fingerprint density at radius 3 is 2.20 bits per heavy atom. The van der Waals surface area contributed by atoms with Crippen molar-refractivity contribution in [2.45, 2.75) is 32.6 Å². The number of methoxy groups -OCH3 is 3. The molecule has 0 aliphatic heterocycles. The molecule has 0 spiro atoms. The van der Waals surface area contributed by atoms with Crippen molar-refractivity contribution in [3.63, 3.8) is 0 Å². The summed E-state index contributed by atoms with van der Waals surface area (Å²) in [4.78, 5) is 22.6. The zero-order chi connectivity index (χ0) is 39.6. The maximum atomic E-state index is 13.5. The van der Waals surface area contributed by atoms with Crippen LogP contribution in [0.15, 0.2) is 79.0 Å². The molecule has 5 rings (SSSR count). The molecule has 15 heteroatoms. The molecule has 0 aliphatic rings. The molecule has 5 aromatic rings. The first kappa shape index (κ1) is 40.5. The number of amides is 2. The van der Waals surface area contributed by atoms with Crippen molar-refractivity contribution in [2.75, 3.05) is 69.4 Å². The number of anilines is 3. The van der Waals surface area contributed by atoms with Crippen LogP contribution in [-0.4, -0.2) is 78.4 Å². The predicted molar refractivity (Wildman–Crippen MR) is 213 cm³/mol. The van der Waals surface area contributed by atoms with Gasteiger partial charge in [-0.1, -0.05) is 45.0 Å². The normalized spacial score (nSPS) is 11.5. The Kier molecular flexibility index (Phi) is 13.4. The summed E-state index contributed by atoms with van der Waals surface area (Å²) in [5, 5.41) is 7.20. The van der Waals surface area contributed by atoms with E-state index in [1.54, 1.807) is 50.7 Å². The zero-order valence-electron chi connectivity index (χ0n) is 32.0. The van der Waals surface area contributed by atoms with Gasteiger partial charge in [-0.2, -0.15) is 4.98 Å². The first-order valence-corrected chi connectivity index (χ1v) is 19.3. The highest BCUT2D eigenvalue weighted by Gasteiger charge is 2.23. The number of benzene rings is 4. The van der Waals surface area contributed by atoms with Gasteiger partial charge < -0.3 is 39.1 Å². The Morgan fingerprint density at radius 2 is 1.49 bits per heavy atom. The quantitative estimate of drug-likeness (QED) is 0.0806. The van der Waals surface area contributed by atoms with Crippen molar-refractivity contribution in [2.24, 2.45) is 0 Å². The minimum Gasteiger partial charge on any atom is -0.497 e. The number of rotatable bonds is 17. The Hall–Kier alpha value is -5.64. The lowest BCUT2D eigenvalue weighted by molar-refractivity contribution is 0.0544. The van der Waals surface area contributed by atoms with E-state index in [1.807, 2.05) is 63.2 Å². The Labute approximate surface area is 321 Å². The maximum Gasteiger partial charge on any atom is 0.323 e. The second-order valence-corrected chi connectivity index (χ2v) is 15.3. The van der Waals surface area contributed by atoms with Gasteiger partial charge in [0.1, 0.15) is 29.7 Å². The average molecular weight is 774 g/mol. The number of hydrogen-bond acceptors (Lipinski definition) is 11. The largest absolute Gasteiger partial charge is 0.497 e. The van der Waals surface area contributed by atoms with Crippen molar-refractivity contribution in [1.82, 2.24) is 9.97 Å². The summed E-state index contributed by atoms with van der Waals surface area (Å²) in [6.07, 6.45) is 3.08. The number of urea groups is 1. The number of nitrogens with one attached hydrogen (secondary N) is 3. The van der Waals surface area contributed by atoms with Crippen LogP contribution in [0.3, 0.4) is 0 Å². The van der Waals surface area contributed by atoms with Gasteiger partial charge in [0, 0.05) is 42.6 Å². The smallest absolute Gasteiger partial charge is 0.323 e. The van der Waals surface area contributed by atoms with E-state index in [0.29, 0.717) is 78.6 Å². The van der Waals surface area contributed by atoms with Crippen molar-refractivity contribution in [3.05, 3.63) is 95.9 Å². The number of sulfonamides is 1. The van der Waals surface area contributed by atoms with Crippen molar-refractivity contribution < 1.29 is 41.6 Å². The van der Waals surface area contributed by atoms with Crippen LogP contribution in [0.2, 0.25) is 0 Å². The standard InChI is InChI=1S/C40H47N5O9S/c1-40(2,3)27-23-33(38(51-6)34(24-27)45-55(7,47)48)43-39(46)42-32-12-13-35(31-11-9-8-10-30(31)32)54-37-14-15-41-36(44-37)22-26-20-28(50-5)25-29(21-26)53-19-18-52-17-16-49-4/h8-15,20-21,23-25,45H,16-19,22H2,1-7H3,(H2,42,43,46). The highest BCUT2D eigenvalue weighted by atomic mass is 32.2. The van der Waals surface area contributed by atoms with Gasteiger partial charge in [0.25, 0.3) is 0 Å². The minimum absolute atomic E-state index is 0.172. The van der Waals surface area contributed by atoms with Crippen LogP contribution < -0.4 is 34.3 Å². The molecule has 3 N–H and O–H groups in total. The molecule has 14 nitrogen and oxygen atoms in total. The number of carbonyl (C=O) groups is 1. The topological polar surface area (TPSA) is 168 Å². The second kappa shape index (κ2) is 18.1. The van der Waals surface area contributed by atoms with Crippen LogP contribution in [0.25, 0.3) is 10.8 Å². The summed E-state index contributed by atoms with van der Waals surface area (Å²) in [6.45, 7) is 7.76. The molecule has 0 radical (unpaired) electrons. The molecule has 0 unspecified atom stereocenters. The summed E-state index contributed by atoms with van der Waals surface area (Å²) >= 11 is 0. The van der Waals surface area contributed by atoms with Gasteiger partial charge in [-0.05, 0) is 52.9 Å². The highest BCUT2D eigenvalue weighted by molar-refractivity contribution is 7.92. The van der Waals surface area contributed by atoms with Gasteiger partial charge in [0.05, 0.1) is 57.4 Å².